The van der Waals surface area contributed by atoms with Crippen LogP contribution in [0.5, 0.6) is 0 Å². The van der Waals surface area contributed by atoms with Gasteiger partial charge in [0.2, 0.25) is 0 Å². The largest absolute Gasteiger partial charge is 0.335 e. The molecule has 0 radical (unpaired) electrons. The Morgan fingerprint density at radius 1 is 1.08 bits per heavy atom. The lowest BCUT2D eigenvalue weighted by atomic mass is 10.0. The van der Waals surface area contributed by atoms with E-state index in [9.17, 15) is 4.79 Å². The molecule has 6 heteroatoms. The molecule has 2 saturated heterocycles. The van der Waals surface area contributed by atoms with Crippen molar-refractivity contribution in [2.75, 3.05) is 33.2 Å². The van der Waals surface area contributed by atoms with Crippen molar-refractivity contribution in [2.45, 2.75) is 56.5 Å². The molecule has 0 atom stereocenters. The smallest absolute Gasteiger partial charge is 0.317 e. The molecule has 3 heterocycles. The number of rotatable bonds is 3. The zero-order valence-corrected chi connectivity index (χ0v) is 14.7. The fourth-order valence-corrected chi connectivity index (χ4v) is 4.06. The summed E-state index contributed by atoms with van der Waals surface area (Å²) >= 11 is 0. The number of hydrogen-bond donors (Lipinski definition) is 1. The van der Waals surface area contributed by atoms with E-state index >= 15 is 0 Å². The molecule has 1 aromatic rings. The minimum Gasteiger partial charge on any atom is -0.335 e. The van der Waals surface area contributed by atoms with Gasteiger partial charge >= 0.3 is 6.03 Å². The van der Waals surface area contributed by atoms with Crippen LogP contribution in [0.2, 0.25) is 0 Å². The Morgan fingerprint density at radius 3 is 2.46 bits per heavy atom. The van der Waals surface area contributed by atoms with Crippen LogP contribution < -0.4 is 5.32 Å². The lowest BCUT2D eigenvalue weighted by Gasteiger charge is -2.35. The van der Waals surface area contributed by atoms with Gasteiger partial charge in [0.25, 0.3) is 0 Å². The van der Waals surface area contributed by atoms with E-state index in [4.69, 9.17) is 0 Å². The molecule has 2 amide bonds. The highest BCUT2D eigenvalue weighted by atomic mass is 16.2. The van der Waals surface area contributed by atoms with Gasteiger partial charge in [0.15, 0.2) is 0 Å². The third-order valence-electron chi connectivity index (χ3n) is 5.84. The van der Waals surface area contributed by atoms with E-state index < -0.39 is 0 Å². The molecule has 132 valence electrons. The van der Waals surface area contributed by atoms with E-state index in [0.717, 1.165) is 57.8 Å². The van der Waals surface area contributed by atoms with Gasteiger partial charge in [-0.25, -0.2) is 4.79 Å². The first-order valence-electron chi connectivity index (χ1n) is 9.48. The Kier molecular flexibility index (Phi) is 4.48. The third kappa shape index (κ3) is 3.43. The first-order chi connectivity index (χ1) is 11.7. The van der Waals surface area contributed by atoms with E-state index in [-0.39, 0.29) is 6.03 Å². The first kappa shape index (κ1) is 15.9. The van der Waals surface area contributed by atoms with Crippen LogP contribution in [0.25, 0.3) is 0 Å². The SMILES string of the molecule is CN1CCC(NC(=O)N2CCC(n3nccc3C3CC3)CC2)CC1. The van der Waals surface area contributed by atoms with Crippen LogP contribution >= 0.6 is 0 Å². The van der Waals surface area contributed by atoms with Gasteiger partial charge in [-0.15, -0.1) is 0 Å². The van der Waals surface area contributed by atoms with Gasteiger partial charge in [0.1, 0.15) is 0 Å². The van der Waals surface area contributed by atoms with Gasteiger partial charge in [0.05, 0.1) is 6.04 Å². The molecule has 0 unspecified atom stereocenters. The van der Waals surface area contributed by atoms with Gasteiger partial charge in [-0.3, -0.25) is 4.68 Å². The summed E-state index contributed by atoms with van der Waals surface area (Å²) in [5.74, 6) is 0.735. The third-order valence-corrected chi connectivity index (χ3v) is 5.84. The van der Waals surface area contributed by atoms with E-state index in [1.165, 1.54) is 18.5 Å². The molecule has 24 heavy (non-hydrogen) atoms. The lowest BCUT2D eigenvalue weighted by Crippen LogP contribution is -2.50. The number of likely N-dealkylation sites (tertiary alicyclic amines) is 2. The second-order valence-electron chi connectivity index (χ2n) is 7.72. The Balaban J connectivity index is 1.28. The van der Waals surface area contributed by atoms with Crippen molar-refractivity contribution in [1.82, 2.24) is 24.9 Å². The minimum absolute atomic E-state index is 0.130. The van der Waals surface area contributed by atoms with Crippen LogP contribution in [0, 0.1) is 0 Å². The minimum atomic E-state index is 0.130. The fraction of sp³-hybridized carbons (Fsp3) is 0.778. The lowest BCUT2D eigenvalue weighted by molar-refractivity contribution is 0.157. The quantitative estimate of drug-likeness (QED) is 0.924. The summed E-state index contributed by atoms with van der Waals surface area (Å²) in [5.41, 5.74) is 1.41. The number of carbonyl (C=O) groups is 1. The van der Waals surface area contributed by atoms with Gasteiger partial charge in [-0.2, -0.15) is 5.10 Å². The highest BCUT2D eigenvalue weighted by molar-refractivity contribution is 5.74. The van der Waals surface area contributed by atoms with Crippen LogP contribution in [0.4, 0.5) is 4.79 Å². The van der Waals surface area contributed by atoms with Crippen molar-refractivity contribution in [3.63, 3.8) is 0 Å². The summed E-state index contributed by atoms with van der Waals surface area (Å²) in [6.07, 6.45) is 8.72. The van der Waals surface area contributed by atoms with E-state index in [1.807, 2.05) is 11.1 Å². The van der Waals surface area contributed by atoms with Crippen LogP contribution in [0.3, 0.4) is 0 Å². The Morgan fingerprint density at radius 2 is 1.79 bits per heavy atom. The van der Waals surface area contributed by atoms with E-state index in [2.05, 4.69) is 33.1 Å². The summed E-state index contributed by atoms with van der Waals surface area (Å²) in [4.78, 5) is 16.8. The second-order valence-corrected chi connectivity index (χ2v) is 7.72. The Bertz CT molecular complexity index is 566. The zero-order chi connectivity index (χ0) is 16.5. The van der Waals surface area contributed by atoms with E-state index in [1.54, 1.807) is 0 Å². The molecule has 6 nitrogen and oxygen atoms in total. The number of hydrogen-bond acceptors (Lipinski definition) is 3. The summed E-state index contributed by atoms with van der Waals surface area (Å²) in [5, 5.41) is 7.80. The van der Waals surface area contributed by atoms with Crippen molar-refractivity contribution in [3.8, 4) is 0 Å². The van der Waals surface area contributed by atoms with Crippen LogP contribution in [-0.2, 0) is 0 Å². The molecular formula is C18H29N5O. The maximum absolute atomic E-state index is 12.5. The number of amides is 2. The predicted octanol–water partition coefficient (Wildman–Crippen LogP) is 2.20. The molecule has 1 aliphatic carbocycles. The second kappa shape index (κ2) is 6.75. The van der Waals surface area contributed by atoms with Gasteiger partial charge in [0, 0.05) is 36.9 Å². The number of aromatic nitrogens is 2. The molecule has 1 aromatic heterocycles. The number of piperidine rings is 2. The van der Waals surface area contributed by atoms with Crippen molar-refractivity contribution in [1.29, 1.82) is 0 Å². The molecular weight excluding hydrogens is 302 g/mol. The topological polar surface area (TPSA) is 53.4 Å². The molecule has 3 aliphatic rings. The molecule has 0 bridgehead atoms. The molecule has 2 aliphatic heterocycles. The maximum Gasteiger partial charge on any atom is 0.317 e. The highest BCUT2D eigenvalue weighted by Gasteiger charge is 2.31. The number of nitrogens with one attached hydrogen (secondary N) is 1. The molecule has 3 fully saturated rings. The molecule has 1 saturated carbocycles. The first-order valence-corrected chi connectivity index (χ1v) is 9.48. The summed E-state index contributed by atoms with van der Waals surface area (Å²) < 4.78 is 2.24. The molecule has 0 spiro atoms. The maximum atomic E-state index is 12.5. The predicted molar refractivity (Wildman–Crippen MR) is 93.1 cm³/mol. The van der Waals surface area contributed by atoms with Crippen LogP contribution in [0.15, 0.2) is 12.3 Å². The number of carbonyl (C=O) groups excluding carboxylic acids is 1. The van der Waals surface area contributed by atoms with Crippen LogP contribution in [-0.4, -0.2) is 64.9 Å². The van der Waals surface area contributed by atoms with Crippen molar-refractivity contribution in [3.05, 3.63) is 18.0 Å². The molecule has 0 aromatic carbocycles. The zero-order valence-electron chi connectivity index (χ0n) is 14.7. The van der Waals surface area contributed by atoms with Gasteiger partial charge < -0.3 is 15.1 Å². The Labute approximate surface area is 144 Å². The Hall–Kier alpha value is -1.56. The van der Waals surface area contributed by atoms with Crippen molar-refractivity contribution >= 4 is 6.03 Å². The van der Waals surface area contributed by atoms with Crippen molar-refractivity contribution < 1.29 is 4.79 Å². The standard InChI is InChI=1S/C18H29N5O/c1-21-10-5-15(6-11-21)20-18(24)22-12-7-16(8-13-22)23-17(4-9-19-23)14-2-3-14/h4,9,14-16H,2-3,5-8,10-13H2,1H3,(H,20,24). The fourth-order valence-electron chi connectivity index (χ4n) is 4.06. The average Bonchev–Trinajstić information content (AvgIpc) is 3.34. The number of urea groups is 1. The monoisotopic (exact) mass is 331 g/mol. The average molecular weight is 331 g/mol. The molecule has 4 rings (SSSR count). The molecule has 1 N–H and O–H groups in total. The van der Waals surface area contributed by atoms with Gasteiger partial charge in [-0.1, -0.05) is 0 Å². The van der Waals surface area contributed by atoms with E-state index in [0.29, 0.717) is 12.1 Å². The summed E-state index contributed by atoms with van der Waals surface area (Å²) in [7, 11) is 2.15. The summed E-state index contributed by atoms with van der Waals surface area (Å²) in [6.45, 7) is 3.84. The normalized spacial score (nSPS) is 24.3. The highest BCUT2D eigenvalue weighted by Crippen LogP contribution is 2.41. The summed E-state index contributed by atoms with van der Waals surface area (Å²) in [6, 6.07) is 3.12. The number of nitrogens with zero attached hydrogens (tertiary/aromatic N) is 4. The van der Waals surface area contributed by atoms with Crippen molar-refractivity contribution in [2.24, 2.45) is 0 Å². The van der Waals surface area contributed by atoms with Crippen LogP contribution in [0.1, 0.15) is 56.2 Å². The van der Waals surface area contributed by atoms with Gasteiger partial charge in [-0.05, 0) is 64.7 Å².